The summed E-state index contributed by atoms with van der Waals surface area (Å²) in [6.45, 7) is 1.59. The number of amides is 2. The first kappa shape index (κ1) is 18.9. The van der Waals surface area contributed by atoms with Crippen molar-refractivity contribution in [1.29, 1.82) is 0 Å². The third-order valence-electron chi connectivity index (χ3n) is 6.20. The van der Waals surface area contributed by atoms with Crippen molar-refractivity contribution >= 4 is 56.0 Å². The van der Waals surface area contributed by atoms with Gasteiger partial charge in [0.25, 0.3) is 11.8 Å². The van der Waals surface area contributed by atoms with Gasteiger partial charge in [0.05, 0.1) is 28.6 Å². The van der Waals surface area contributed by atoms with Gasteiger partial charge >= 0.3 is 0 Å². The van der Waals surface area contributed by atoms with Gasteiger partial charge < -0.3 is 4.90 Å². The highest BCUT2D eigenvalue weighted by Gasteiger charge is 2.40. The van der Waals surface area contributed by atoms with Crippen molar-refractivity contribution in [2.45, 2.75) is 19.4 Å². The summed E-state index contributed by atoms with van der Waals surface area (Å²) in [5.41, 5.74) is 4.40. The van der Waals surface area contributed by atoms with Crippen LogP contribution in [0.1, 0.15) is 23.6 Å². The van der Waals surface area contributed by atoms with Gasteiger partial charge in [0.15, 0.2) is 5.78 Å². The average molecular weight is 439 g/mol. The molecule has 3 aliphatic heterocycles. The normalized spacial score (nSPS) is 19.3. The van der Waals surface area contributed by atoms with Crippen LogP contribution in [0.5, 0.6) is 0 Å². The number of nitrogens with one attached hydrogen (secondary N) is 1. The molecule has 6 nitrogen and oxygen atoms in total. The molecule has 1 N–H and O–H groups in total. The number of benzene rings is 2. The molecule has 156 valence electrons. The number of fused-ring (bicyclic) bond motifs is 1. The highest BCUT2D eigenvalue weighted by molar-refractivity contribution is 7.17. The Morgan fingerprint density at radius 3 is 2.69 bits per heavy atom. The zero-order valence-electron chi connectivity index (χ0n) is 17.1. The van der Waals surface area contributed by atoms with Crippen LogP contribution < -0.4 is 10.2 Å². The third kappa shape index (κ3) is 2.58. The van der Waals surface area contributed by atoms with Gasteiger partial charge in [-0.15, -0.1) is 11.3 Å². The number of carbonyl (C=O) groups excluding carboxylic acids is 3. The number of nitrogens with zero attached hydrogens (tertiary/aromatic N) is 2. The molecule has 0 bridgehead atoms. The fraction of sp³-hybridized carbons (Fsp3) is 0.120. The molecule has 1 aromatic heterocycles. The van der Waals surface area contributed by atoms with Gasteiger partial charge in [-0.3, -0.25) is 24.7 Å². The van der Waals surface area contributed by atoms with E-state index in [0.29, 0.717) is 17.7 Å². The zero-order valence-corrected chi connectivity index (χ0v) is 17.9. The molecule has 0 saturated heterocycles. The van der Waals surface area contributed by atoms with E-state index < -0.39 is 11.8 Å². The van der Waals surface area contributed by atoms with Gasteiger partial charge in [-0.05, 0) is 29.3 Å². The average Bonchev–Trinajstić information content (AvgIpc) is 3.43. The fourth-order valence-electron chi connectivity index (χ4n) is 4.81. The van der Waals surface area contributed by atoms with Crippen molar-refractivity contribution in [3.63, 3.8) is 0 Å². The molecule has 4 heterocycles. The number of Topliss-reactive ketones (excluding diaryl/α,β-unsaturated/α-hetero) is 1. The molecule has 0 spiro atoms. The lowest BCUT2D eigenvalue weighted by Gasteiger charge is -2.22. The summed E-state index contributed by atoms with van der Waals surface area (Å²) in [4.78, 5) is 44.8. The van der Waals surface area contributed by atoms with Gasteiger partial charge in [0.2, 0.25) is 0 Å². The Bertz CT molecular complexity index is 1460. The SMILES string of the molecule is CC(=O)C1Cc2cccc3c2N1C=CN=C3C1=C(c2cccc3ccsc23)C(=O)NC1=O. The van der Waals surface area contributed by atoms with E-state index in [2.05, 4.69) is 10.3 Å². The molecule has 7 heteroatoms. The van der Waals surface area contributed by atoms with Crippen molar-refractivity contribution in [2.75, 3.05) is 4.90 Å². The van der Waals surface area contributed by atoms with Crippen LogP contribution in [0.4, 0.5) is 5.69 Å². The first-order valence-electron chi connectivity index (χ1n) is 10.3. The second-order valence-corrected chi connectivity index (χ2v) is 8.92. The number of imide groups is 1. The standard InChI is InChI=1S/C25H17N3O3S/c1-13(29)18-12-15-5-3-7-17-21(26-9-10-28(18)22(15)17)20-19(24(30)27-25(20)31)16-6-2-4-14-8-11-32-23(14)16/h2-11,18H,12H2,1H3,(H,27,30,31). The summed E-state index contributed by atoms with van der Waals surface area (Å²) in [6.07, 6.45) is 3.98. The van der Waals surface area contributed by atoms with Crippen molar-refractivity contribution in [1.82, 2.24) is 5.32 Å². The van der Waals surface area contributed by atoms with Crippen LogP contribution in [0.25, 0.3) is 15.7 Å². The Morgan fingerprint density at radius 1 is 1.06 bits per heavy atom. The summed E-state index contributed by atoms with van der Waals surface area (Å²) in [6, 6.07) is 13.2. The molecule has 0 aliphatic carbocycles. The topological polar surface area (TPSA) is 78.8 Å². The molecule has 0 fully saturated rings. The molecular weight excluding hydrogens is 422 g/mol. The van der Waals surface area contributed by atoms with Gasteiger partial charge in [-0.1, -0.05) is 36.4 Å². The van der Waals surface area contributed by atoms with Crippen LogP contribution in [0, 0.1) is 0 Å². The number of anilines is 1. The third-order valence-corrected chi connectivity index (χ3v) is 7.16. The van der Waals surface area contributed by atoms with E-state index in [-0.39, 0.29) is 17.4 Å². The van der Waals surface area contributed by atoms with Crippen molar-refractivity contribution in [3.05, 3.63) is 82.5 Å². The van der Waals surface area contributed by atoms with Crippen molar-refractivity contribution in [3.8, 4) is 0 Å². The van der Waals surface area contributed by atoms with E-state index in [9.17, 15) is 14.4 Å². The van der Waals surface area contributed by atoms with E-state index in [1.54, 1.807) is 19.3 Å². The summed E-state index contributed by atoms with van der Waals surface area (Å²) in [5, 5.41) is 5.46. The lowest BCUT2D eigenvalue weighted by molar-refractivity contribution is -0.123. The molecule has 3 aromatic rings. The second kappa shape index (κ2) is 6.83. The molecular formula is C25H17N3O3S. The summed E-state index contributed by atoms with van der Waals surface area (Å²) < 4.78 is 0.950. The number of carbonyl (C=O) groups is 3. The number of hydrogen-bond acceptors (Lipinski definition) is 6. The minimum Gasteiger partial charge on any atom is -0.335 e. The highest BCUT2D eigenvalue weighted by atomic mass is 32.1. The van der Waals surface area contributed by atoms with Gasteiger partial charge in [0, 0.05) is 34.6 Å². The van der Waals surface area contributed by atoms with E-state index in [1.165, 1.54) is 11.3 Å². The molecule has 3 aliphatic rings. The van der Waals surface area contributed by atoms with E-state index in [1.807, 2.05) is 52.7 Å². The first-order valence-corrected chi connectivity index (χ1v) is 11.1. The van der Waals surface area contributed by atoms with Crippen LogP contribution in [0.2, 0.25) is 0 Å². The predicted octanol–water partition coefficient (Wildman–Crippen LogP) is 3.61. The maximum absolute atomic E-state index is 13.1. The largest absolute Gasteiger partial charge is 0.335 e. The van der Waals surface area contributed by atoms with Gasteiger partial charge in [-0.2, -0.15) is 0 Å². The van der Waals surface area contributed by atoms with Crippen LogP contribution in [0.15, 0.2) is 70.8 Å². The number of ketones is 1. The lowest BCUT2D eigenvalue weighted by Crippen LogP contribution is -2.33. The van der Waals surface area contributed by atoms with Crippen LogP contribution >= 0.6 is 11.3 Å². The van der Waals surface area contributed by atoms with Crippen LogP contribution in [-0.4, -0.2) is 29.4 Å². The van der Waals surface area contributed by atoms with E-state index in [0.717, 1.165) is 32.5 Å². The minimum absolute atomic E-state index is 0.0679. The Kier molecular flexibility index (Phi) is 4.03. The van der Waals surface area contributed by atoms with Crippen LogP contribution in [0.3, 0.4) is 0 Å². The quantitative estimate of drug-likeness (QED) is 0.633. The molecule has 6 rings (SSSR count). The lowest BCUT2D eigenvalue weighted by atomic mass is 9.92. The van der Waals surface area contributed by atoms with Crippen molar-refractivity contribution < 1.29 is 14.4 Å². The van der Waals surface area contributed by atoms with E-state index >= 15 is 0 Å². The highest BCUT2D eigenvalue weighted by Crippen LogP contribution is 2.41. The number of para-hydroxylation sites is 1. The number of aliphatic imine (C=N–C) groups is 1. The maximum atomic E-state index is 13.1. The Hall–Kier alpha value is -3.84. The smallest absolute Gasteiger partial charge is 0.261 e. The van der Waals surface area contributed by atoms with Gasteiger partial charge in [0.1, 0.15) is 0 Å². The Labute approximate surface area is 187 Å². The van der Waals surface area contributed by atoms with Gasteiger partial charge in [-0.25, -0.2) is 0 Å². The Balaban J connectivity index is 1.61. The molecule has 0 saturated carbocycles. The zero-order chi connectivity index (χ0) is 22.0. The number of hydrogen-bond donors (Lipinski definition) is 1. The fourth-order valence-corrected chi connectivity index (χ4v) is 5.73. The first-order chi connectivity index (χ1) is 15.5. The van der Waals surface area contributed by atoms with E-state index in [4.69, 9.17) is 0 Å². The molecule has 2 amide bonds. The number of thiophene rings is 1. The second-order valence-electron chi connectivity index (χ2n) is 8.00. The molecule has 1 unspecified atom stereocenters. The van der Waals surface area contributed by atoms with Crippen molar-refractivity contribution in [2.24, 2.45) is 4.99 Å². The maximum Gasteiger partial charge on any atom is 0.261 e. The summed E-state index contributed by atoms with van der Waals surface area (Å²) in [7, 11) is 0. The summed E-state index contributed by atoms with van der Waals surface area (Å²) in [5.74, 6) is -0.816. The van der Waals surface area contributed by atoms with Crippen LogP contribution in [-0.2, 0) is 20.8 Å². The molecule has 1 atom stereocenters. The molecule has 32 heavy (non-hydrogen) atoms. The summed E-state index contributed by atoms with van der Waals surface area (Å²) >= 11 is 1.53. The Morgan fingerprint density at radius 2 is 1.84 bits per heavy atom. The number of rotatable bonds is 3. The predicted molar refractivity (Wildman–Crippen MR) is 125 cm³/mol. The molecule has 0 radical (unpaired) electrons. The molecule has 2 aromatic carbocycles. The monoisotopic (exact) mass is 439 g/mol. The minimum atomic E-state index is -0.460.